The molecule has 56 valence electrons. The molecule has 0 saturated carbocycles. The standard InChI is InChI=1S/C6H9NO2S/c8-5(10)3-4-1-2-7-6(4)9/h4H,1-3H2,(H,7,9)(H,8,10). The SMILES string of the molecule is O=C1NCCC1CC(O)=S. The van der Waals surface area contributed by atoms with Crippen LogP contribution in [0.15, 0.2) is 0 Å². The van der Waals surface area contributed by atoms with Crippen LogP contribution >= 0.6 is 12.2 Å². The van der Waals surface area contributed by atoms with Gasteiger partial charge in [-0.05, 0) is 18.6 Å². The minimum atomic E-state index is -0.0856. The number of thiocarbonyl (C=S) groups is 1. The summed E-state index contributed by atoms with van der Waals surface area (Å²) in [6.07, 6.45) is 1.13. The number of carbonyl (C=O) groups excluding carboxylic acids is 1. The number of hydrogen-bond acceptors (Lipinski definition) is 2. The Bertz CT molecular complexity index is 169. The molecule has 1 fully saturated rings. The molecule has 1 heterocycles. The lowest BCUT2D eigenvalue weighted by Gasteiger charge is -2.01. The van der Waals surface area contributed by atoms with E-state index in [-0.39, 0.29) is 16.9 Å². The van der Waals surface area contributed by atoms with Gasteiger partial charge in [0.1, 0.15) is 0 Å². The van der Waals surface area contributed by atoms with Gasteiger partial charge in [-0.2, -0.15) is 0 Å². The number of carbonyl (C=O) groups is 1. The van der Waals surface area contributed by atoms with E-state index in [4.69, 9.17) is 5.11 Å². The molecule has 0 aliphatic carbocycles. The van der Waals surface area contributed by atoms with Crippen molar-refractivity contribution in [3.05, 3.63) is 0 Å². The number of rotatable bonds is 2. The summed E-state index contributed by atoms with van der Waals surface area (Å²) in [5.41, 5.74) is 0. The Hall–Kier alpha value is -0.640. The third-order valence-corrected chi connectivity index (χ3v) is 1.75. The van der Waals surface area contributed by atoms with Crippen LogP contribution in [0, 0.1) is 5.92 Å². The van der Waals surface area contributed by atoms with E-state index in [1.807, 2.05) is 0 Å². The fourth-order valence-corrected chi connectivity index (χ4v) is 1.25. The first-order valence-corrected chi connectivity index (χ1v) is 3.60. The zero-order valence-electron chi connectivity index (χ0n) is 5.46. The Balaban J connectivity index is 2.40. The van der Waals surface area contributed by atoms with Gasteiger partial charge in [-0.3, -0.25) is 4.79 Å². The van der Waals surface area contributed by atoms with Crippen LogP contribution in [0.25, 0.3) is 0 Å². The fraction of sp³-hybridized carbons (Fsp3) is 0.667. The molecule has 0 aromatic heterocycles. The molecule has 1 rings (SSSR count). The lowest BCUT2D eigenvalue weighted by atomic mass is 10.1. The van der Waals surface area contributed by atoms with E-state index in [0.29, 0.717) is 13.0 Å². The van der Waals surface area contributed by atoms with E-state index in [9.17, 15) is 4.79 Å². The Morgan fingerprint density at radius 1 is 1.90 bits per heavy atom. The number of hydrogen-bond donors (Lipinski definition) is 2. The largest absolute Gasteiger partial charge is 0.502 e. The van der Waals surface area contributed by atoms with E-state index >= 15 is 0 Å². The molecule has 0 aromatic rings. The minimum absolute atomic E-state index is 0.0106. The van der Waals surface area contributed by atoms with Gasteiger partial charge < -0.3 is 10.4 Å². The average Bonchev–Trinajstić information content (AvgIpc) is 2.15. The average molecular weight is 159 g/mol. The maximum Gasteiger partial charge on any atom is 0.223 e. The van der Waals surface area contributed by atoms with Crippen LogP contribution in [0.3, 0.4) is 0 Å². The lowest BCUT2D eigenvalue weighted by Crippen LogP contribution is -2.20. The summed E-state index contributed by atoms with van der Waals surface area (Å²) in [5.74, 6) is -0.0751. The number of aliphatic hydroxyl groups excluding tert-OH is 1. The van der Waals surface area contributed by atoms with E-state index in [1.165, 1.54) is 0 Å². The smallest absolute Gasteiger partial charge is 0.223 e. The van der Waals surface area contributed by atoms with E-state index in [0.717, 1.165) is 6.42 Å². The number of amides is 1. The van der Waals surface area contributed by atoms with Gasteiger partial charge in [0, 0.05) is 18.9 Å². The summed E-state index contributed by atoms with van der Waals surface area (Å²) in [7, 11) is 0. The summed E-state index contributed by atoms with van der Waals surface area (Å²) in [6.45, 7) is 0.714. The van der Waals surface area contributed by atoms with Crippen LogP contribution in [0.5, 0.6) is 0 Å². The highest BCUT2D eigenvalue weighted by Crippen LogP contribution is 2.13. The van der Waals surface area contributed by atoms with Gasteiger partial charge in [-0.15, -0.1) is 0 Å². The number of aliphatic hydroxyl groups is 1. The molecular formula is C6H9NO2S. The third kappa shape index (κ3) is 1.67. The summed E-state index contributed by atoms with van der Waals surface area (Å²) >= 11 is 4.46. The molecule has 2 N–H and O–H groups in total. The Labute approximate surface area is 64.4 Å². The van der Waals surface area contributed by atoms with Gasteiger partial charge >= 0.3 is 0 Å². The van der Waals surface area contributed by atoms with Gasteiger partial charge in [0.25, 0.3) is 0 Å². The van der Waals surface area contributed by atoms with Crippen molar-refractivity contribution in [1.82, 2.24) is 5.32 Å². The zero-order valence-corrected chi connectivity index (χ0v) is 6.28. The third-order valence-electron chi connectivity index (χ3n) is 1.58. The monoisotopic (exact) mass is 159 g/mol. The van der Waals surface area contributed by atoms with Crippen molar-refractivity contribution in [3.63, 3.8) is 0 Å². The van der Waals surface area contributed by atoms with Crippen LogP contribution in [0.4, 0.5) is 0 Å². The Kier molecular flexibility index (Phi) is 2.21. The van der Waals surface area contributed by atoms with Gasteiger partial charge in [0.15, 0.2) is 5.05 Å². The lowest BCUT2D eigenvalue weighted by molar-refractivity contribution is -0.122. The maximum absolute atomic E-state index is 10.8. The molecule has 1 atom stereocenters. The first-order chi connectivity index (χ1) is 4.70. The first kappa shape index (κ1) is 7.47. The molecule has 0 spiro atoms. The van der Waals surface area contributed by atoms with E-state index in [1.54, 1.807) is 0 Å². The molecule has 0 radical (unpaired) electrons. The summed E-state index contributed by atoms with van der Waals surface area (Å²) < 4.78 is 0. The number of nitrogens with one attached hydrogen (secondary N) is 1. The molecule has 1 amide bonds. The van der Waals surface area contributed by atoms with Crippen LogP contribution in [-0.2, 0) is 4.79 Å². The fourth-order valence-electron chi connectivity index (χ4n) is 1.05. The second kappa shape index (κ2) is 2.96. The highest BCUT2D eigenvalue weighted by Gasteiger charge is 2.24. The topological polar surface area (TPSA) is 49.3 Å². The van der Waals surface area contributed by atoms with Gasteiger partial charge in [0.05, 0.1) is 0 Å². The van der Waals surface area contributed by atoms with Gasteiger partial charge in [-0.25, -0.2) is 0 Å². The van der Waals surface area contributed by atoms with E-state index < -0.39 is 0 Å². The second-order valence-corrected chi connectivity index (χ2v) is 2.85. The van der Waals surface area contributed by atoms with Crippen molar-refractivity contribution in [2.45, 2.75) is 12.8 Å². The van der Waals surface area contributed by atoms with Crippen molar-refractivity contribution in [2.75, 3.05) is 6.54 Å². The van der Waals surface area contributed by atoms with E-state index in [2.05, 4.69) is 17.5 Å². The molecule has 0 bridgehead atoms. The molecule has 1 aliphatic rings. The molecule has 1 unspecified atom stereocenters. The highest BCUT2D eigenvalue weighted by molar-refractivity contribution is 7.80. The second-order valence-electron chi connectivity index (χ2n) is 2.37. The summed E-state index contributed by atoms with van der Waals surface area (Å²) in [6, 6.07) is 0. The predicted octanol–water partition coefficient (Wildman–Crippen LogP) is 0.398. The molecule has 4 heteroatoms. The highest BCUT2D eigenvalue weighted by atomic mass is 32.1. The molecule has 10 heavy (non-hydrogen) atoms. The normalized spacial score (nSPS) is 24.4. The summed E-state index contributed by atoms with van der Waals surface area (Å²) in [5, 5.41) is 11.3. The first-order valence-electron chi connectivity index (χ1n) is 3.19. The molecule has 1 aliphatic heterocycles. The quantitative estimate of drug-likeness (QED) is 0.573. The predicted molar refractivity (Wildman–Crippen MR) is 41.0 cm³/mol. The van der Waals surface area contributed by atoms with Gasteiger partial charge in [0.2, 0.25) is 5.91 Å². The molecule has 3 nitrogen and oxygen atoms in total. The maximum atomic E-state index is 10.8. The van der Waals surface area contributed by atoms with Crippen molar-refractivity contribution < 1.29 is 9.90 Å². The van der Waals surface area contributed by atoms with Crippen LogP contribution in [0.2, 0.25) is 0 Å². The molecule has 1 saturated heterocycles. The molecular weight excluding hydrogens is 150 g/mol. The minimum Gasteiger partial charge on any atom is -0.502 e. The van der Waals surface area contributed by atoms with Crippen LogP contribution in [0.1, 0.15) is 12.8 Å². The molecule has 0 aromatic carbocycles. The Morgan fingerprint density at radius 2 is 2.60 bits per heavy atom. The summed E-state index contributed by atoms with van der Waals surface area (Å²) in [4.78, 5) is 10.8. The van der Waals surface area contributed by atoms with Crippen LogP contribution in [-0.4, -0.2) is 22.6 Å². The van der Waals surface area contributed by atoms with Gasteiger partial charge in [-0.1, -0.05) is 0 Å². The van der Waals surface area contributed by atoms with Crippen molar-refractivity contribution in [3.8, 4) is 0 Å². The van der Waals surface area contributed by atoms with Crippen molar-refractivity contribution in [1.29, 1.82) is 0 Å². The Morgan fingerprint density at radius 3 is 3.00 bits per heavy atom. The van der Waals surface area contributed by atoms with Crippen molar-refractivity contribution >= 4 is 23.2 Å². The van der Waals surface area contributed by atoms with Crippen molar-refractivity contribution in [2.24, 2.45) is 5.92 Å². The van der Waals surface area contributed by atoms with Crippen LogP contribution < -0.4 is 5.32 Å². The zero-order chi connectivity index (χ0) is 7.56.